The third-order valence-electron chi connectivity index (χ3n) is 4.19. The van der Waals surface area contributed by atoms with Gasteiger partial charge in [0.2, 0.25) is 0 Å². The van der Waals surface area contributed by atoms with Gasteiger partial charge in [-0.3, -0.25) is 0 Å². The number of piperidine rings is 1. The van der Waals surface area contributed by atoms with E-state index in [1.165, 1.54) is 25.9 Å². The van der Waals surface area contributed by atoms with Crippen LogP contribution in [0, 0.1) is 5.92 Å². The first-order chi connectivity index (χ1) is 9.95. The summed E-state index contributed by atoms with van der Waals surface area (Å²) in [4.78, 5) is 2.55. The fourth-order valence-corrected chi connectivity index (χ4v) is 2.93. The average Bonchev–Trinajstić information content (AvgIpc) is 2.43. The second-order valence-electron chi connectivity index (χ2n) is 6.83. The maximum atomic E-state index is 9.91. The lowest BCUT2D eigenvalue weighted by Crippen LogP contribution is -2.35. The minimum Gasteiger partial charge on any atom is -0.494 e. The Kier molecular flexibility index (Phi) is 5.65. The van der Waals surface area contributed by atoms with Crippen molar-refractivity contribution in [2.45, 2.75) is 45.6 Å². The SMILES string of the molecule is C[C@H]1CCCN(CCCOc2ccc(C(C)(C)O)cc2)C1. The molecule has 3 nitrogen and oxygen atoms in total. The van der Waals surface area contributed by atoms with Gasteiger partial charge in [-0.1, -0.05) is 19.1 Å². The molecule has 1 N–H and O–H groups in total. The van der Waals surface area contributed by atoms with Crippen molar-refractivity contribution in [1.82, 2.24) is 4.90 Å². The van der Waals surface area contributed by atoms with E-state index < -0.39 is 5.60 Å². The molecule has 0 amide bonds. The van der Waals surface area contributed by atoms with Gasteiger partial charge in [0.15, 0.2) is 0 Å². The number of hydrogen-bond donors (Lipinski definition) is 1. The van der Waals surface area contributed by atoms with Gasteiger partial charge in [0.05, 0.1) is 12.2 Å². The molecule has 1 aliphatic heterocycles. The van der Waals surface area contributed by atoms with Crippen LogP contribution < -0.4 is 4.74 Å². The molecule has 21 heavy (non-hydrogen) atoms. The maximum absolute atomic E-state index is 9.91. The van der Waals surface area contributed by atoms with Gasteiger partial charge in [0.1, 0.15) is 5.75 Å². The number of benzene rings is 1. The minimum atomic E-state index is -0.788. The van der Waals surface area contributed by atoms with Crippen molar-refractivity contribution in [3.63, 3.8) is 0 Å². The van der Waals surface area contributed by atoms with Crippen LogP contribution in [-0.4, -0.2) is 36.2 Å². The molecule has 1 aliphatic rings. The number of aliphatic hydroxyl groups is 1. The van der Waals surface area contributed by atoms with Crippen molar-refractivity contribution in [2.75, 3.05) is 26.2 Å². The van der Waals surface area contributed by atoms with Crippen LogP contribution in [-0.2, 0) is 5.60 Å². The van der Waals surface area contributed by atoms with Crippen LogP contribution >= 0.6 is 0 Å². The summed E-state index contributed by atoms with van der Waals surface area (Å²) in [5.74, 6) is 1.73. The molecular weight excluding hydrogens is 262 g/mol. The molecule has 1 aromatic carbocycles. The molecule has 1 atom stereocenters. The smallest absolute Gasteiger partial charge is 0.119 e. The summed E-state index contributed by atoms with van der Waals surface area (Å²) in [6.07, 6.45) is 3.78. The standard InChI is InChI=1S/C18H29NO2/c1-15-6-4-11-19(14-15)12-5-13-21-17-9-7-16(8-10-17)18(2,3)20/h7-10,15,20H,4-6,11-14H2,1-3H3/t15-/m0/s1. The Balaban J connectivity index is 1.69. The Morgan fingerprint density at radius 1 is 1.29 bits per heavy atom. The molecule has 1 heterocycles. The molecule has 118 valence electrons. The van der Waals surface area contributed by atoms with Crippen molar-refractivity contribution >= 4 is 0 Å². The Morgan fingerprint density at radius 2 is 2.00 bits per heavy atom. The van der Waals surface area contributed by atoms with Gasteiger partial charge in [-0.25, -0.2) is 0 Å². The predicted molar refractivity (Wildman–Crippen MR) is 86.6 cm³/mol. The molecule has 0 aliphatic carbocycles. The highest BCUT2D eigenvalue weighted by molar-refractivity contribution is 5.30. The lowest BCUT2D eigenvalue weighted by molar-refractivity contribution is 0.0785. The first kappa shape index (κ1) is 16.3. The summed E-state index contributed by atoms with van der Waals surface area (Å²) in [7, 11) is 0. The number of rotatable bonds is 6. The van der Waals surface area contributed by atoms with Crippen LogP contribution in [0.25, 0.3) is 0 Å². The molecule has 1 aromatic rings. The summed E-state index contributed by atoms with van der Waals surface area (Å²) >= 11 is 0. The normalized spacial score (nSPS) is 20.5. The number of hydrogen-bond acceptors (Lipinski definition) is 3. The van der Waals surface area contributed by atoms with Gasteiger partial charge in [-0.15, -0.1) is 0 Å². The number of likely N-dealkylation sites (tertiary alicyclic amines) is 1. The third kappa shape index (κ3) is 5.33. The first-order valence-electron chi connectivity index (χ1n) is 8.13. The van der Waals surface area contributed by atoms with E-state index in [2.05, 4.69) is 11.8 Å². The lowest BCUT2D eigenvalue weighted by atomic mass is 9.99. The van der Waals surface area contributed by atoms with Gasteiger partial charge in [-0.05, 0) is 63.3 Å². The molecule has 0 radical (unpaired) electrons. The first-order valence-corrected chi connectivity index (χ1v) is 8.13. The summed E-state index contributed by atoms with van der Waals surface area (Å²) < 4.78 is 5.78. The Bertz CT molecular complexity index is 422. The molecule has 0 bridgehead atoms. The van der Waals surface area contributed by atoms with Crippen molar-refractivity contribution in [3.05, 3.63) is 29.8 Å². The highest BCUT2D eigenvalue weighted by Gasteiger charge is 2.16. The van der Waals surface area contributed by atoms with E-state index in [4.69, 9.17) is 4.74 Å². The maximum Gasteiger partial charge on any atom is 0.119 e. The summed E-state index contributed by atoms with van der Waals surface area (Å²) in [5.41, 5.74) is 0.126. The number of nitrogens with zero attached hydrogens (tertiary/aromatic N) is 1. The fraction of sp³-hybridized carbons (Fsp3) is 0.667. The van der Waals surface area contributed by atoms with E-state index in [1.807, 2.05) is 24.3 Å². The second kappa shape index (κ2) is 7.28. The zero-order valence-electron chi connectivity index (χ0n) is 13.6. The van der Waals surface area contributed by atoms with E-state index in [0.29, 0.717) is 0 Å². The lowest BCUT2D eigenvalue weighted by Gasteiger charge is -2.30. The largest absolute Gasteiger partial charge is 0.494 e. The van der Waals surface area contributed by atoms with Crippen molar-refractivity contribution in [1.29, 1.82) is 0 Å². The highest BCUT2D eigenvalue weighted by atomic mass is 16.5. The summed E-state index contributed by atoms with van der Waals surface area (Å²) in [6.45, 7) is 10.3. The van der Waals surface area contributed by atoms with Crippen molar-refractivity contribution in [3.8, 4) is 5.75 Å². The molecule has 2 rings (SSSR count). The van der Waals surface area contributed by atoms with E-state index in [-0.39, 0.29) is 0 Å². The second-order valence-corrected chi connectivity index (χ2v) is 6.83. The molecule has 0 spiro atoms. The van der Waals surface area contributed by atoms with Crippen LogP contribution in [0.15, 0.2) is 24.3 Å². The van der Waals surface area contributed by atoms with Gasteiger partial charge in [0, 0.05) is 13.1 Å². The zero-order chi connectivity index (χ0) is 15.3. The van der Waals surface area contributed by atoms with Gasteiger partial charge in [-0.2, -0.15) is 0 Å². The third-order valence-corrected chi connectivity index (χ3v) is 4.19. The molecule has 0 aromatic heterocycles. The molecule has 0 unspecified atom stereocenters. The fourth-order valence-electron chi connectivity index (χ4n) is 2.93. The van der Waals surface area contributed by atoms with E-state index in [0.717, 1.165) is 36.8 Å². The van der Waals surface area contributed by atoms with Gasteiger partial charge < -0.3 is 14.7 Å². The molecule has 3 heteroatoms. The Morgan fingerprint density at radius 3 is 2.62 bits per heavy atom. The molecule has 1 saturated heterocycles. The zero-order valence-corrected chi connectivity index (χ0v) is 13.6. The van der Waals surface area contributed by atoms with Crippen molar-refractivity contribution < 1.29 is 9.84 Å². The van der Waals surface area contributed by atoms with Crippen LogP contribution in [0.4, 0.5) is 0 Å². The quantitative estimate of drug-likeness (QED) is 0.815. The molecule has 1 fully saturated rings. The molecule has 0 saturated carbocycles. The van der Waals surface area contributed by atoms with E-state index in [9.17, 15) is 5.11 Å². The highest BCUT2D eigenvalue weighted by Crippen LogP contribution is 2.22. The van der Waals surface area contributed by atoms with E-state index >= 15 is 0 Å². The Hall–Kier alpha value is -1.06. The summed E-state index contributed by atoms with van der Waals surface area (Å²) in [6, 6.07) is 7.75. The monoisotopic (exact) mass is 291 g/mol. The minimum absolute atomic E-state index is 0.757. The van der Waals surface area contributed by atoms with Crippen LogP contribution in [0.3, 0.4) is 0 Å². The number of ether oxygens (including phenoxy) is 1. The molecular formula is C18H29NO2. The topological polar surface area (TPSA) is 32.7 Å². The predicted octanol–water partition coefficient (Wildman–Crippen LogP) is 3.41. The van der Waals surface area contributed by atoms with Crippen LogP contribution in [0.5, 0.6) is 5.75 Å². The van der Waals surface area contributed by atoms with E-state index in [1.54, 1.807) is 13.8 Å². The van der Waals surface area contributed by atoms with Crippen LogP contribution in [0.1, 0.15) is 45.6 Å². The van der Waals surface area contributed by atoms with Crippen molar-refractivity contribution in [2.24, 2.45) is 5.92 Å². The van der Waals surface area contributed by atoms with Crippen LogP contribution in [0.2, 0.25) is 0 Å². The van der Waals surface area contributed by atoms with Gasteiger partial charge >= 0.3 is 0 Å². The average molecular weight is 291 g/mol. The van der Waals surface area contributed by atoms with Gasteiger partial charge in [0.25, 0.3) is 0 Å². The summed E-state index contributed by atoms with van der Waals surface area (Å²) in [5, 5.41) is 9.91. The Labute approximate surface area is 128 Å².